The Hall–Kier alpha value is -3.09. The Morgan fingerprint density at radius 3 is 2.68 bits per heavy atom. The van der Waals surface area contributed by atoms with Crippen molar-refractivity contribution in [2.24, 2.45) is 5.92 Å². The van der Waals surface area contributed by atoms with Crippen molar-refractivity contribution in [2.45, 2.75) is 26.3 Å². The minimum Gasteiger partial charge on any atom is -0.497 e. The highest BCUT2D eigenvalue weighted by Gasteiger charge is 2.23. The number of non-ortho nitro benzene ring substituents is 1. The molecule has 148 valence electrons. The van der Waals surface area contributed by atoms with E-state index in [1.165, 1.54) is 12.1 Å². The Labute approximate surface area is 164 Å². The fraction of sp³-hybridized carbons (Fsp3) is 0.381. The Bertz CT molecular complexity index is 860. The van der Waals surface area contributed by atoms with Gasteiger partial charge in [-0.05, 0) is 42.5 Å². The molecule has 1 heterocycles. The predicted molar refractivity (Wildman–Crippen MR) is 108 cm³/mol. The number of methoxy groups -OCH3 is 1. The monoisotopic (exact) mass is 383 g/mol. The molecule has 0 aliphatic carbocycles. The van der Waals surface area contributed by atoms with Crippen molar-refractivity contribution >= 4 is 17.3 Å². The van der Waals surface area contributed by atoms with Crippen LogP contribution in [-0.4, -0.2) is 31.0 Å². The van der Waals surface area contributed by atoms with Gasteiger partial charge in [0, 0.05) is 31.8 Å². The Balaban J connectivity index is 1.81. The minimum absolute atomic E-state index is 0.0827. The number of rotatable bonds is 6. The Morgan fingerprint density at radius 1 is 1.25 bits per heavy atom. The summed E-state index contributed by atoms with van der Waals surface area (Å²) in [5.74, 6) is 1.05. The molecule has 0 unspecified atom stereocenters. The van der Waals surface area contributed by atoms with Gasteiger partial charge < -0.3 is 15.0 Å². The lowest BCUT2D eigenvalue weighted by molar-refractivity contribution is -0.384. The third-order valence-corrected chi connectivity index (χ3v) is 5.15. The summed E-state index contributed by atoms with van der Waals surface area (Å²) in [6.07, 6.45) is 2.09. The van der Waals surface area contributed by atoms with E-state index in [2.05, 4.69) is 17.1 Å². The van der Waals surface area contributed by atoms with Gasteiger partial charge in [-0.2, -0.15) is 0 Å². The first kappa shape index (κ1) is 19.7. The summed E-state index contributed by atoms with van der Waals surface area (Å²) >= 11 is 0. The number of benzene rings is 2. The van der Waals surface area contributed by atoms with Gasteiger partial charge in [0.25, 0.3) is 11.6 Å². The summed E-state index contributed by atoms with van der Waals surface area (Å²) in [7, 11) is 1.59. The second-order valence-corrected chi connectivity index (χ2v) is 7.16. The van der Waals surface area contributed by atoms with Gasteiger partial charge in [-0.3, -0.25) is 14.9 Å². The molecule has 1 amide bonds. The van der Waals surface area contributed by atoms with Gasteiger partial charge in [0.05, 0.1) is 23.3 Å². The van der Waals surface area contributed by atoms with Gasteiger partial charge in [-0.1, -0.05) is 19.1 Å². The highest BCUT2D eigenvalue weighted by Crippen LogP contribution is 2.29. The van der Waals surface area contributed by atoms with Crippen LogP contribution in [0, 0.1) is 16.0 Å². The van der Waals surface area contributed by atoms with Gasteiger partial charge >= 0.3 is 0 Å². The van der Waals surface area contributed by atoms with Crippen molar-refractivity contribution in [3.05, 3.63) is 63.7 Å². The maximum Gasteiger partial charge on any atom is 0.270 e. The average Bonchev–Trinajstić information content (AvgIpc) is 2.72. The number of piperidine rings is 1. The van der Waals surface area contributed by atoms with Gasteiger partial charge in [-0.25, -0.2) is 0 Å². The van der Waals surface area contributed by atoms with Crippen molar-refractivity contribution in [2.75, 3.05) is 25.1 Å². The van der Waals surface area contributed by atoms with Crippen LogP contribution in [0.2, 0.25) is 0 Å². The summed E-state index contributed by atoms with van der Waals surface area (Å²) < 4.78 is 5.20. The molecule has 7 nitrogen and oxygen atoms in total. The molecule has 0 radical (unpaired) electrons. The number of nitrogens with zero attached hydrogens (tertiary/aromatic N) is 2. The number of amides is 1. The molecule has 1 aliphatic rings. The summed E-state index contributed by atoms with van der Waals surface area (Å²) in [5.41, 5.74) is 1.90. The van der Waals surface area contributed by atoms with Crippen LogP contribution in [0.1, 0.15) is 35.7 Å². The summed E-state index contributed by atoms with van der Waals surface area (Å²) in [5, 5.41) is 14.1. The fourth-order valence-corrected chi connectivity index (χ4v) is 3.40. The first-order chi connectivity index (χ1) is 13.5. The lowest BCUT2D eigenvalue weighted by atomic mass is 9.98. The second-order valence-electron chi connectivity index (χ2n) is 7.16. The average molecular weight is 383 g/mol. The Morgan fingerprint density at radius 2 is 2.00 bits per heavy atom. The molecule has 0 aromatic heterocycles. The predicted octanol–water partition coefficient (Wildman–Crippen LogP) is 3.77. The molecule has 0 bridgehead atoms. The third kappa shape index (κ3) is 4.60. The molecular formula is C21H25N3O4. The third-order valence-electron chi connectivity index (χ3n) is 5.15. The highest BCUT2D eigenvalue weighted by atomic mass is 16.6. The van der Waals surface area contributed by atoms with Crippen LogP contribution in [0.4, 0.5) is 11.4 Å². The van der Waals surface area contributed by atoms with Crippen molar-refractivity contribution in [3.8, 4) is 5.75 Å². The number of hydrogen-bond acceptors (Lipinski definition) is 5. The lowest BCUT2D eigenvalue weighted by Gasteiger charge is -2.33. The maximum atomic E-state index is 12.9. The molecule has 0 atom stereocenters. The normalized spacial score (nSPS) is 14.6. The molecule has 1 saturated heterocycles. The van der Waals surface area contributed by atoms with Crippen LogP contribution in [0.3, 0.4) is 0 Å². The molecule has 1 N–H and O–H groups in total. The molecule has 7 heteroatoms. The van der Waals surface area contributed by atoms with Crippen molar-refractivity contribution in [1.29, 1.82) is 0 Å². The van der Waals surface area contributed by atoms with Gasteiger partial charge in [-0.15, -0.1) is 0 Å². The molecule has 3 rings (SSSR count). The van der Waals surface area contributed by atoms with E-state index in [-0.39, 0.29) is 11.6 Å². The molecule has 0 spiro atoms. The number of nitro groups is 1. The van der Waals surface area contributed by atoms with Crippen LogP contribution < -0.4 is 15.0 Å². The van der Waals surface area contributed by atoms with E-state index in [0.717, 1.165) is 37.2 Å². The van der Waals surface area contributed by atoms with Crippen LogP contribution in [-0.2, 0) is 6.54 Å². The van der Waals surface area contributed by atoms with E-state index in [4.69, 9.17) is 4.74 Å². The summed E-state index contributed by atoms with van der Waals surface area (Å²) in [6.45, 7) is 4.22. The topological polar surface area (TPSA) is 84.7 Å². The molecule has 1 fully saturated rings. The van der Waals surface area contributed by atoms with Gasteiger partial charge in [0.1, 0.15) is 5.75 Å². The SMILES string of the molecule is COc1cccc(CNC(=O)c2cc([N+](=O)[O-])ccc2N2CCC(C)CC2)c1. The zero-order chi connectivity index (χ0) is 20.1. The van der Waals surface area contributed by atoms with E-state index in [9.17, 15) is 14.9 Å². The minimum atomic E-state index is -0.471. The number of nitrogens with one attached hydrogen (secondary N) is 1. The number of carbonyl (C=O) groups excluding carboxylic acids is 1. The largest absolute Gasteiger partial charge is 0.497 e. The zero-order valence-electron chi connectivity index (χ0n) is 16.2. The van der Waals surface area contributed by atoms with Crippen molar-refractivity contribution < 1.29 is 14.5 Å². The number of hydrogen-bond donors (Lipinski definition) is 1. The van der Waals surface area contributed by atoms with E-state index < -0.39 is 4.92 Å². The quantitative estimate of drug-likeness (QED) is 0.606. The highest BCUT2D eigenvalue weighted by molar-refractivity contribution is 6.00. The van der Waals surface area contributed by atoms with E-state index >= 15 is 0 Å². The van der Waals surface area contributed by atoms with E-state index in [1.54, 1.807) is 13.2 Å². The number of anilines is 1. The Kier molecular flexibility index (Phi) is 6.13. The van der Waals surface area contributed by atoms with Crippen molar-refractivity contribution in [1.82, 2.24) is 5.32 Å². The van der Waals surface area contributed by atoms with Crippen LogP contribution >= 0.6 is 0 Å². The first-order valence-electron chi connectivity index (χ1n) is 9.42. The van der Waals surface area contributed by atoms with E-state index in [1.807, 2.05) is 24.3 Å². The van der Waals surface area contributed by atoms with Gasteiger partial charge in [0.2, 0.25) is 0 Å². The number of nitro benzene ring substituents is 1. The molecule has 2 aromatic carbocycles. The van der Waals surface area contributed by atoms with Gasteiger partial charge in [0.15, 0.2) is 0 Å². The van der Waals surface area contributed by atoms with Crippen LogP contribution in [0.25, 0.3) is 0 Å². The van der Waals surface area contributed by atoms with Crippen LogP contribution in [0.5, 0.6) is 5.75 Å². The van der Waals surface area contributed by atoms with Crippen molar-refractivity contribution in [3.63, 3.8) is 0 Å². The molecule has 0 saturated carbocycles. The zero-order valence-corrected chi connectivity index (χ0v) is 16.2. The number of carbonyl (C=O) groups is 1. The lowest BCUT2D eigenvalue weighted by Crippen LogP contribution is -2.35. The van der Waals surface area contributed by atoms with E-state index in [0.29, 0.717) is 23.8 Å². The second kappa shape index (κ2) is 8.73. The first-order valence-corrected chi connectivity index (χ1v) is 9.42. The molecule has 2 aromatic rings. The molecule has 28 heavy (non-hydrogen) atoms. The summed E-state index contributed by atoms with van der Waals surface area (Å²) in [6, 6.07) is 12.0. The molecular weight excluding hydrogens is 358 g/mol. The molecule has 1 aliphatic heterocycles. The number of ether oxygens (including phenoxy) is 1. The summed E-state index contributed by atoms with van der Waals surface area (Å²) in [4.78, 5) is 25.8. The fourth-order valence-electron chi connectivity index (χ4n) is 3.40. The van der Waals surface area contributed by atoms with Crippen LogP contribution in [0.15, 0.2) is 42.5 Å². The maximum absolute atomic E-state index is 12.9. The standard InChI is InChI=1S/C21H25N3O4/c1-15-8-10-23(11-9-15)20-7-6-17(24(26)27)13-19(20)21(25)22-14-16-4-3-5-18(12-16)28-2/h3-7,12-13,15H,8-11,14H2,1-2H3,(H,22,25). The smallest absolute Gasteiger partial charge is 0.270 e.